The van der Waals surface area contributed by atoms with Crippen molar-refractivity contribution in [3.63, 3.8) is 0 Å². The average molecular weight is 393 g/mol. The van der Waals surface area contributed by atoms with Crippen LogP contribution in [0.15, 0.2) is 79.5 Å². The first kappa shape index (κ1) is 20.2. The van der Waals surface area contributed by atoms with Gasteiger partial charge in [-0.1, -0.05) is 18.2 Å². The number of nitrogens with one attached hydrogen (secondary N) is 1. The number of halogens is 1. The number of hydrogen-bond acceptors (Lipinski definition) is 2. The molecule has 1 aromatic heterocycles. The summed E-state index contributed by atoms with van der Waals surface area (Å²) in [5, 5.41) is 2.89. The van der Waals surface area contributed by atoms with Crippen LogP contribution in [0.4, 0.5) is 14.9 Å². The van der Waals surface area contributed by atoms with Gasteiger partial charge in [0.15, 0.2) is 0 Å². The Labute approximate surface area is 170 Å². The van der Waals surface area contributed by atoms with Gasteiger partial charge in [0.1, 0.15) is 11.6 Å². The van der Waals surface area contributed by atoms with Gasteiger partial charge in [-0.3, -0.25) is 0 Å². The topological polar surface area (TPSA) is 46.5 Å². The zero-order valence-electron chi connectivity index (χ0n) is 16.3. The normalized spacial score (nSPS) is 10.4. The minimum Gasteiger partial charge on any atom is -0.497 e. The second-order valence-corrected chi connectivity index (χ2v) is 6.59. The fraction of sp³-hybridized carbons (Fsp3) is 0.174. The number of carbonyl (C=O) groups is 1. The van der Waals surface area contributed by atoms with Gasteiger partial charge in [0.05, 0.1) is 13.7 Å². The van der Waals surface area contributed by atoms with Gasteiger partial charge in [-0.2, -0.15) is 0 Å². The monoisotopic (exact) mass is 393 g/mol. The van der Waals surface area contributed by atoms with Crippen LogP contribution in [0.1, 0.15) is 11.3 Å². The van der Waals surface area contributed by atoms with Crippen LogP contribution in [0, 0.1) is 5.82 Å². The first-order valence-electron chi connectivity index (χ1n) is 9.28. The number of amides is 2. The molecular weight excluding hydrogens is 369 g/mol. The van der Waals surface area contributed by atoms with E-state index < -0.39 is 0 Å². The summed E-state index contributed by atoms with van der Waals surface area (Å²) in [6.45, 7) is 5.08. The number of methoxy groups -OCH3 is 1. The van der Waals surface area contributed by atoms with Crippen molar-refractivity contribution >= 4 is 11.7 Å². The highest BCUT2D eigenvalue weighted by atomic mass is 19.1. The van der Waals surface area contributed by atoms with E-state index in [9.17, 15) is 9.18 Å². The number of nitrogens with zero attached hydrogens (tertiary/aromatic N) is 2. The van der Waals surface area contributed by atoms with Crippen molar-refractivity contribution in [2.75, 3.05) is 19.0 Å². The fourth-order valence-corrected chi connectivity index (χ4v) is 3.03. The van der Waals surface area contributed by atoms with Crippen molar-refractivity contribution in [3.8, 4) is 5.75 Å². The highest BCUT2D eigenvalue weighted by Gasteiger charge is 2.15. The first-order valence-corrected chi connectivity index (χ1v) is 9.28. The second kappa shape index (κ2) is 9.59. The molecule has 0 atom stereocenters. The molecule has 6 heteroatoms. The van der Waals surface area contributed by atoms with Crippen molar-refractivity contribution in [3.05, 3.63) is 96.6 Å². The standard InChI is InChI=1S/C23H24FN3O2/c1-3-13-27(23(28)25-20-9-11-22(29-2)12-10-20)17-21-8-5-14-26(21)16-18-6-4-7-19(24)15-18/h3-12,14-15H,1,13,16-17H2,2H3,(H,25,28). The van der Waals surface area contributed by atoms with Gasteiger partial charge in [-0.05, 0) is 54.1 Å². The third-order valence-electron chi connectivity index (χ3n) is 4.50. The van der Waals surface area contributed by atoms with Gasteiger partial charge >= 0.3 is 6.03 Å². The molecule has 0 aliphatic heterocycles. The van der Waals surface area contributed by atoms with E-state index >= 15 is 0 Å². The van der Waals surface area contributed by atoms with Crippen molar-refractivity contribution in [1.82, 2.24) is 9.47 Å². The number of ether oxygens (including phenoxy) is 1. The Hall–Kier alpha value is -3.54. The molecule has 2 aromatic carbocycles. The van der Waals surface area contributed by atoms with E-state index in [1.807, 2.05) is 29.0 Å². The lowest BCUT2D eigenvalue weighted by molar-refractivity contribution is 0.214. The van der Waals surface area contributed by atoms with Crippen LogP contribution in [-0.4, -0.2) is 29.2 Å². The van der Waals surface area contributed by atoms with Crippen LogP contribution in [-0.2, 0) is 13.1 Å². The van der Waals surface area contributed by atoms with Crippen LogP contribution < -0.4 is 10.1 Å². The fourth-order valence-electron chi connectivity index (χ4n) is 3.03. The number of aromatic nitrogens is 1. The maximum Gasteiger partial charge on any atom is 0.322 e. The molecule has 1 heterocycles. The summed E-state index contributed by atoms with van der Waals surface area (Å²) in [4.78, 5) is 14.4. The summed E-state index contributed by atoms with van der Waals surface area (Å²) in [6.07, 6.45) is 3.61. The lowest BCUT2D eigenvalue weighted by Crippen LogP contribution is -2.35. The maximum atomic E-state index is 13.5. The zero-order chi connectivity index (χ0) is 20.6. The third kappa shape index (κ3) is 5.48. The SMILES string of the molecule is C=CCN(Cc1cccn1Cc1cccc(F)c1)C(=O)Nc1ccc(OC)cc1. The number of urea groups is 1. The van der Waals surface area contributed by atoms with E-state index in [1.54, 1.807) is 48.4 Å². The molecule has 2 amide bonds. The summed E-state index contributed by atoms with van der Waals surface area (Å²) < 4.78 is 20.6. The van der Waals surface area contributed by atoms with Crippen molar-refractivity contribution in [2.45, 2.75) is 13.1 Å². The van der Waals surface area contributed by atoms with E-state index in [0.29, 0.717) is 25.3 Å². The molecule has 3 rings (SSSR count). The predicted octanol–water partition coefficient (Wildman–Crippen LogP) is 4.90. The summed E-state index contributed by atoms with van der Waals surface area (Å²) in [7, 11) is 1.60. The van der Waals surface area contributed by atoms with Gasteiger partial charge in [-0.15, -0.1) is 6.58 Å². The lowest BCUT2D eigenvalue weighted by atomic mass is 10.2. The summed E-state index contributed by atoms with van der Waals surface area (Å²) in [6, 6.07) is 17.3. The molecule has 1 N–H and O–H groups in total. The minimum atomic E-state index is -0.261. The van der Waals surface area contributed by atoms with Crippen molar-refractivity contribution < 1.29 is 13.9 Å². The number of benzene rings is 2. The average Bonchev–Trinajstić information content (AvgIpc) is 3.15. The van der Waals surface area contributed by atoms with E-state index in [4.69, 9.17) is 4.74 Å². The Kier molecular flexibility index (Phi) is 6.68. The molecular formula is C23H24FN3O2. The molecule has 150 valence electrons. The van der Waals surface area contributed by atoms with Crippen LogP contribution in [0.3, 0.4) is 0 Å². The number of carbonyl (C=O) groups excluding carboxylic acids is 1. The number of hydrogen-bond donors (Lipinski definition) is 1. The van der Waals surface area contributed by atoms with Gasteiger partial charge < -0.3 is 19.5 Å². The van der Waals surface area contributed by atoms with Crippen LogP contribution >= 0.6 is 0 Å². The van der Waals surface area contributed by atoms with E-state index in [1.165, 1.54) is 12.1 Å². The summed E-state index contributed by atoms with van der Waals surface area (Å²) >= 11 is 0. The Morgan fingerprint density at radius 1 is 1.21 bits per heavy atom. The Balaban J connectivity index is 1.70. The predicted molar refractivity (Wildman–Crippen MR) is 113 cm³/mol. The van der Waals surface area contributed by atoms with Crippen molar-refractivity contribution in [2.24, 2.45) is 0 Å². The molecule has 0 aliphatic carbocycles. The molecule has 0 unspecified atom stereocenters. The summed E-state index contributed by atoms with van der Waals surface area (Å²) in [5.41, 5.74) is 2.49. The van der Waals surface area contributed by atoms with Crippen LogP contribution in [0.25, 0.3) is 0 Å². The van der Waals surface area contributed by atoms with Crippen LogP contribution in [0.2, 0.25) is 0 Å². The van der Waals surface area contributed by atoms with Gasteiger partial charge in [0.2, 0.25) is 0 Å². The largest absolute Gasteiger partial charge is 0.497 e. The highest BCUT2D eigenvalue weighted by molar-refractivity contribution is 5.89. The molecule has 0 bridgehead atoms. The Morgan fingerprint density at radius 3 is 2.69 bits per heavy atom. The smallest absolute Gasteiger partial charge is 0.322 e. The number of anilines is 1. The molecule has 0 spiro atoms. The van der Waals surface area contributed by atoms with Gasteiger partial charge in [0, 0.05) is 30.7 Å². The second-order valence-electron chi connectivity index (χ2n) is 6.59. The molecule has 29 heavy (non-hydrogen) atoms. The Bertz CT molecular complexity index is 966. The van der Waals surface area contributed by atoms with E-state index in [-0.39, 0.29) is 11.8 Å². The van der Waals surface area contributed by atoms with Crippen molar-refractivity contribution in [1.29, 1.82) is 0 Å². The number of rotatable bonds is 8. The van der Waals surface area contributed by atoms with Gasteiger partial charge in [-0.25, -0.2) is 9.18 Å². The molecule has 3 aromatic rings. The third-order valence-corrected chi connectivity index (χ3v) is 4.50. The molecule has 0 radical (unpaired) electrons. The molecule has 0 saturated heterocycles. The maximum absolute atomic E-state index is 13.5. The van der Waals surface area contributed by atoms with E-state index in [0.717, 1.165) is 17.0 Å². The molecule has 0 saturated carbocycles. The first-order chi connectivity index (χ1) is 14.1. The minimum absolute atomic E-state index is 0.228. The van der Waals surface area contributed by atoms with Crippen LogP contribution in [0.5, 0.6) is 5.75 Å². The molecule has 5 nitrogen and oxygen atoms in total. The summed E-state index contributed by atoms with van der Waals surface area (Å²) in [5.74, 6) is 0.462. The van der Waals surface area contributed by atoms with Gasteiger partial charge in [0.25, 0.3) is 0 Å². The highest BCUT2D eigenvalue weighted by Crippen LogP contribution is 2.17. The zero-order valence-corrected chi connectivity index (χ0v) is 16.3. The quantitative estimate of drug-likeness (QED) is 0.553. The van der Waals surface area contributed by atoms with E-state index in [2.05, 4.69) is 11.9 Å². The molecule has 0 aliphatic rings. The lowest BCUT2D eigenvalue weighted by Gasteiger charge is -2.23. The Morgan fingerprint density at radius 2 is 2.00 bits per heavy atom. The molecule has 0 fully saturated rings.